The van der Waals surface area contributed by atoms with Gasteiger partial charge in [0.15, 0.2) is 0 Å². The van der Waals surface area contributed by atoms with E-state index in [4.69, 9.17) is 0 Å². The predicted molar refractivity (Wildman–Crippen MR) is 142 cm³/mol. The van der Waals surface area contributed by atoms with Crippen LogP contribution in [0, 0.1) is 12.1 Å². The van der Waals surface area contributed by atoms with Crippen molar-refractivity contribution >= 4 is 11.9 Å². The van der Waals surface area contributed by atoms with Crippen LogP contribution in [0.5, 0.6) is 0 Å². The Morgan fingerprint density at radius 3 is 2.54 bits per heavy atom. The molecule has 1 radical (unpaired) electrons. The summed E-state index contributed by atoms with van der Waals surface area (Å²) in [7, 11) is 1.89. The first-order valence-corrected chi connectivity index (χ1v) is 13.7. The minimum absolute atomic E-state index is 0.0388. The lowest BCUT2D eigenvalue weighted by Gasteiger charge is -2.42. The van der Waals surface area contributed by atoms with Crippen molar-refractivity contribution in [2.45, 2.75) is 63.1 Å². The van der Waals surface area contributed by atoms with Crippen molar-refractivity contribution in [1.82, 2.24) is 13.9 Å². The molecule has 0 bridgehead atoms. The van der Waals surface area contributed by atoms with Crippen molar-refractivity contribution < 1.29 is 26.5 Å². The zero-order chi connectivity index (χ0) is 29.2. The topological polar surface area (TPSA) is 57.4 Å². The van der Waals surface area contributed by atoms with Gasteiger partial charge in [-0.3, -0.25) is 13.9 Å². The van der Waals surface area contributed by atoms with Gasteiger partial charge in [-0.05, 0) is 47.3 Å². The zero-order valence-corrected chi connectivity index (χ0v) is 22.8. The molecule has 4 heterocycles. The van der Waals surface area contributed by atoms with E-state index in [0.717, 1.165) is 41.5 Å². The van der Waals surface area contributed by atoms with Gasteiger partial charge in [0.05, 0.1) is 28.9 Å². The van der Waals surface area contributed by atoms with Gasteiger partial charge in [0.1, 0.15) is 0 Å². The summed E-state index contributed by atoms with van der Waals surface area (Å²) in [4.78, 5) is 15.3. The van der Waals surface area contributed by atoms with E-state index in [1.54, 1.807) is 17.3 Å². The van der Waals surface area contributed by atoms with Gasteiger partial charge in [-0.25, -0.2) is 18.2 Å². The molecule has 12 heteroatoms. The van der Waals surface area contributed by atoms with Crippen molar-refractivity contribution in [2.75, 3.05) is 20.1 Å². The van der Waals surface area contributed by atoms with Crippen molar-refractivity contribution in [3.8, 4) is 5.69 Å². The summed E-state index contributed by atoms with van der Waals surface area (Å²) in [6.07, 6.45) is 3.63. The molecule has 0 N–H and O–H groups in total. The number of pyridine rings is 1. The molecule has 3 aliphatic rings. The minimum Gasteiger partial charge on any atom is -0.298 e. The first-order chi connectivity index (χ1) is 19.4. The van der Waals surface area contributed by atoms with Crippen LogP contribution >= 0.6 is 0 Å². The Bertz CT molecular complexity index is 1600. The van der Waals surface area contributed by atoms with Gasteiger partial charge >= 0.3 is 24.4 Å². The molecule has 1 aliphatic carbocycles. The quantitative estimate of drug-likeness (QED) is 0.267. The molecule has 3 aromatic rings. The van der Waals surface area contributed by atoms with E-state index in [-0.39, 0.29) is 42.6 Å². The first kappa shape index (κ1) is 27.7. The fourth-order valence-corrected chi connectivity index (χ4v) is 6.24. The summed E-state index contributed by atoms with van der Waals surface area (Å²) in [6.45, 7) is 1.61. The van der Waals surface area contributed by atoms with Crippen LogP contribution in [0.3, 0.4) is 0 Å². The fraction of sp³-hybridized carbons (Fsp3) is 0.483. The SMILES string of the molecule is C[C@@H]1CN(Cc2cc(C(F)(F)F)c3cn(-c4cccc(C5(C[C]6N=NC=[N+]6C)CCC5)c4)c(=O)n3c2)CCC1(F)F. The van der Waals surface area contributed by atoms with Gasteiger partial charge in [0.25, 0.3) is 5.92 Å². The minimum atomic E-state index is -4.71. The maximum atomic E-state index is 14.2. The van der Waals surface area contributed by atoms with Crippen molar-refractivity contribution in [3.63, 3.8) is 0 Å². The van der Waals surface area contributed by atoms with Gasteiger partial charge in [-0.1, -0.05) is 25.5 Å². The van der Waals surface area contributed by atoms with E-state index < -0.39 is 29.3 Å². The van der Waals surface area contributed by atoms with Crippen LogP contribution in [0.2, 0.25) is 0 Å². The first-order valence-electron chi connectivity index (χ1n) is 13.7. The number of benzene rings is 1. The maximum Gasteiger partial charge on any atom is 0.418 e. The second kappa shape index (κ2) is 9.85. The lowest BCUT2D eigenvalue weighted by molar-refractivity contribution is -0.477. The molecular formula is C29H31F5N6O+. The Balaban J connectivity index is 1.36. The Kier molecular flexibility index (Phi) is 6.67. The molecule has 0 unspecified atom stereocenters. The maximum absolute atomic E-state index is 14.2. The van der Waals surface area contributed by atoms with E-state index in [1.165, 1.54) is 23.9 Å². The highest BCUT2D eigenvalue weighted by Gasteiger charge is 2.45. The van der Waals surface area contributed by atoms with Crippen LogP contribution in [0.25, 0.3) is 11.2 Å². The number of piperidine rings is 1. The van der Waals surface area contributed by atoms with Crippen LogP contribution < -0.4 is 5.69 Å². The Hall–Kier alpha value is -3.41. The molecule has 217 valence electrons. The van der Waals surface area contributed by atoms with Crippen molar-refractivity contribution in [1.29, 1.82) is 0 Å². The Labute approximate surface area is 233 Å². The highest BCUT2D eigenvalue weighted by molar-refractivity contribution is 5.58. The number of alkyl halides is 5. The fourth-order valence-electron chi connectivity index (χ4n) is 6.24. The normalized spacial score (nSPS) is 22.7. The summed E-state index contributed by atoms with van der Waals surface area (Å²) in [5, 5.41) is 8.21. The summed E-state index contributed by atoms with van der Waals surface area (Å²) < 4.78 is 74.7. The molecule has 2 fully saturated rings. The Morgan fingerprint density at radius 1 is 1.12 bits per heavy atom. The van der Waals surface area contributed by atoms with Gasteiger partial charge in [-0.2, -0.15) is 13.2 Å². The van der Waals surface area contributed by atoms with E-state index in [1.807, 2.05) is 29.8 Å². The second-order valence-electron chi connectivity index (χ2n) is 11.7. The average molecular weight is 575 g/mol. The van der Waals surface area contributed by atoms with E-state index >= 15 is 0 Å². The highest BCUT2D eigenvalue weighted by Crippen LogP contribution is 2.49. The van der Waals surface area contributed by atoms with Crippen LogP contribution in [0.1, 0.15) is 55.7 Å². The van der Waals surface area contributed by atoms with Gasteiger partial charge in [0.2, 0.25) is 0 Å². The predicted octanol–water partition coefficient (Wildman–Crippen LogP) is 6.02. The second-order valence-corrected chi connectivity index (χ2v) is 11.7. The number of nitrogens with zero attached hydrogens (tertiary/aromatic N) is 6. The van der Waals surface area contributed by atoms with Gasteiger partial charge in [0, 0.05) is 56.2 Å². The lowest BCUT2D eigenvalue weighted by Crippen LogP contribution is -2.45. The van der Waals surface area contributed by atoms with Gasteiger partial charge in [-0.15, -0.1) is 0 Å². The zero-order valence-electron chi connectivity index (χ0n) is 22.8. The Morgan fingerprint density at radius 2 is 1.90 bits per heavy atom. The summed E-state index contributed by atoms with van der Waals surface area (Å²) in [5.41, 5.74) is -0.289. The molecule has 7 nitrogen and oxygen atoms in total. The molecule has 0 amide bonds. The molecule has 1 saturated carbocycles. The largest absolute Gasteiger partial charge is 0.418 e. The summed E-state index contributed by atoms with van der Waals surface area (Å²) in [6, 6.07) is 8.42. The molecule has 1 aromatic carbocycles. The van der Waals surface area contributed by atoms with E-state index in [0.29, 0.717) is 12.1 Å². The molecule has 6 rings (SSSR count). The number of hydrogen-bond donors (Lipinski definition) is 0. The number of rotatable bonds is 6. The standard InChI is InChI=1S/C29H31F5N6O/c1-19-14-38(10-9-28(19,30)31)15-20-11-23(29(32,33)34)24-17-39(26(41)40(24)16-20)22-6-3-5-21(12-22)27(7-4-8-27)13-25-36-35-18-37(25)2/h3,5-6,11-12,16-19H,4,7-10,13-15H2,1-2H3/q+1/t19-/m1/s1. The number of imidazole rings is 1. The highest BCUT2D eigenvalue weighted by atomic mass is 19.4. The molecular weight excluding hydrogens is 543 g/mol. The number of fused-ring (bicyclic) bond motifs is 1. The third-order valence-corrected chi connectivity index (χ3v) is 8.90. The molecule has 41 heavy (non-hydrogen) atoms. The summed E-state index contributed by atoms with van der Waals surface area (Å²) in [5.74, 6) is -3.71. The van der Waals surface area contributed by atoms with E-state index in [9.17, 15) is 26.7 Å². The number of halogens is 5. The molecule has 1 saturated heterocycles. The van der Waals surface area contributed by atoms with Crippen LogP contribution in [0.15, 0.2) is 57.7 Å². The van der Waals surface area contributed by atoms with Crippen LogP contribution in [-0.4, -0.2) is 50.8 Å². The smallest absolute Gasteiger partial charge is 0.298 e. The molecule has 1 atom stereocenters. The van der Waals surface area contributed by atoms with Crippen molar-refractivity contribution in [3.05, 3.63) is 76.1 Å². The van der Waals surface area contributed by atoms with Crippen LogP contribution in [0.4, 0.5) is 22.0 Å². The number of likely N-dealkylation sites (tertiary alicyclic amines) is 1. The third-order valence-electron chi connectivity index (χ3n) is 8.90. The number of azo groups is 1. The lowest BCUT2D eigenvalue weighted by atomic mass is 9.62. The number of hydrogen-bond acceptors (Lipinski definition) is 4. The number of aromatic nitrogens is 2. The molecule has 2 aliphatic heterocycles. The van der Waals surface area contributed by atoms with Crippen molar-refractivity contribution in [2.24, 2.45) is 16.1 Å². The molecule has 2 aromatic heterocycles. The monoisotopic (exact) mass is 574 g/mol. The van der Waals surface area contributed by atoms with Crippen LogP contribution in [-0.2, 0) is 18.1 Å². The summed E-state index contributed by atoms with van der Waals surface area (Å²) >= 11 is 0. The van der Waals surface area contributed by atoms with E-state index in [2.05, 4.69) is 10.2 Å². The molecule has 0 spiro atoms. The van der Waals surface area contributed by atoms with Gasteiger partial charge < -0.3 is 0 Å². The average Bonchev–Trinajstić information content (AvgIpc) is 3.45. The third kappa shape index (κ3) is 5.00.